The van der Waals surface area contributed by atoms with Gasteiger partial charge in [0, 0.05) is 38.8 Å². The molecule has 1 aromatic rings. The Bertz CT molecular complexity index is 331. The van der Waals surface area contributed by atoms with Crippen molar-refractivity contribution in [3.8, 4) is 0 Å². The van der Waals surface area contributed by atoms with Crippen molar-refractivity contribution in [2.45, 2.75) is 25.4 Å². The van der Waals surface area contributed by atoms with Gasteiger partial charge in [0.25, 0.3) is 0 Å². The third-order valence-corrected chi connectivity index (χ3v) is 3.84. The summed E-state index contributed by atoms with van der Waals surface area (Å²) in [7, 11) is 0. The van der Waals surface area contributed by atoms with E-state index < -0.39 is 0 Å². The molecule has 20 heavy (non-hydrogen) atoms. The van der Waals surface area contributed by atoms with Crippen molar-refractivity contribution in [3.05, 3.63) is 35.9 Å². The lowest BCUT2D eigenvalue weighted by Crippen LogP contribution is -2.39. The molecule has 4 heteroatoms. The molecule has 0 spiro atoms. The fourth-order valence-electron chi connectivity index (χ4n) is 2.56. The first kappa shape index (κ1) is 15.4. The second-order valence-electron chi connectivity index (χ2n) is 5.60. The van der Waals surface area contributed by atoms with E-state index in [0.29, 0.717) is 6.04 Å². The average Bonchev–Trinajstić information content (AvgIpc) is 2.53. The Balaban J connectivity index is 0.000000205. The maximum absolute atomic E-state index is 5.86. The number of likely N-dealkylation sites (tertiary alicyclic amines) is 1. The molecule has 2 heterocycles. The van der Waals surface area contributed by atoms with Crippen LogP contribution < -0.4 is 16.4 Å². The van der Waals surface area contributed by atoms with Gasteiger partial charge in [-0.15, -0.1) is 0 Å². The van der Waals surface area contributed by atoms with E-state index in [0.717, 1.165) is 58.7 Å². The molecule has 2 aliphatic heterocycles. The van der Waals surface area contributed by atoms with Gasteiger partial charge in [0.2, 0.25) is 0 Å². The normalized spacial score (nSPS) is 21.1. The molecular formula is C16H28N4. The number of piperidine rings is 1. The highest BCUT2D eigenvalue weighted by molar-refractivity contribution is 5.14. The highest BCUT2D eigenvalue weighted by Gasteiger charge is 2.15. The number of hydrogen-bond acceptors (Lipinski definition) is 4. The van der Waals surface area contributed by atoms with Crippen molar-refractivity contribution < 1.29 is 0 Å². The van der Waals surface area contributed by atoms with Gasteiger partial charge >= 0.3 is 0 Å². The van der Waals surface area contributed by atoms with Crippen LogP contribution in [0.1, 0.15) is 18.4 Å². The lowest BCUT2D eigenvalue weighted by atomic mass is 10.1. The summed E-state index contributed by atoms with van der Waals surface area (Å²) >= 11 is 0. The molecule has 4 N–H and O–H groups in total. The summed E-state index contributed by atoms with van der Waals surface area (Å²) in [4.78, 5) is 2.48. The summed E-state index contributed by atoms with van der Waals surface area (Å²) in [5.74, 6) is 0. The van der Waals surface area contributed by atoms with E-state index in [1.54, 1.807) is 0 Å². The molecule has 2 fully saturated rings. The monoisotopic (exact) mass is 276 g/mol. The highest BCUT2D eigenvalue weighted by Crippen LogP contribution is 2.11. The predicted molar refractivity (Wildman–Crippen MR) is 84.7 cm³/mol. The minimum Gasteiger partial charge on any atom is -0.328 e. The van der Waals surface area contributed by atoms with Crippen molar-refractivity contribution in [1.29, 1.82) is 0 Å². The number of nitrogens with two attached hydrogens (primary N) is 1. The average molecular weight is 276 g/mol. The van der Waals surface area contributed by atoms with Gasteiger partial charge < -0.3 is 16.4 Å². The second-order valence-corrected chi connectivity index (χ2v) is 5.60. The summed E-state index contributed by atoms with van der Waals surface area (Å²) in [6.07, 6.45) is 2.29. The van der Waals surface area contributed by atoms with E-state index in [9.17, 15) is 0 Å². The largest absolute Gasteiger partial charge is 0.328 e. The molecule has 0 amide bonds. The summed E-state index contributed by atoms with van der Waals surface area (Å²) in [5, 5.41) is 6.44. The molecule has 0 unspecified atom stereocenters. The van der Waals surface area contributed by atoms with Crippen molar-refractivity contribution in [2.24, 2.45) is 5.73 Å². The van der Waals surface area contributed by atoms with E-state index in [4.69, 9.17) is 5.73 Å². The van der Waals surface area contributed by atoms with Crippen LogP contribution in [0.2, 0.25) is 0 Å². The second kappa shape index (κ2) is 9.08. The lowest BCUT2D eigenvalue weighted by molar-refractivity contribution is 0.205. The summed E-state index contributed by atoms with van der Waals surface area (Å²) in [6, 6.07) is 11.1. The molecule has 0 atom stereocenters. The standard InChI is InChI=1S/C12H18N2.C4H10N2/c13-12-6-8-14(9-7-12)10-11-4-2-1-3-5-11;1-2-6-4-3-5-1/h1-5,12H,6-10,13H2;5-6H,1-4H2. The first-order valence-corrected chi connectivity index (χ1v) is 7.78. The Kier molecular flexibility index (Phi) is 7.01. The van der Waals surface area contributed by atoms with Crippen LogP contribution in [0, 0.1) is 0 Å². The van der Waals surface area contributed by atoms with Gasteiger partial charge in [0.1, 0.15) is 0 Å². The molecule has 2 aliphatic rings. The molecular weight excluding hydrogens is 248 g/mol. The predicted octanol–water partition coefficient (Wildman–Crippen LogP) is 0.789. The van der Waals surface area contributed by atoms with Crippen molar-refractivity contribution >= 4 is 0 Å². The van der Waals surface area contributed by atoms with Crippen LogP contribution in [0.15, 0.2) is 30.3 Å². The summed E-state index contributed by atoms with van der Waals surface area (Å²) in [6.45, 7) is 7.93. The van der Waals surface area contributed by atoms with Gasteiger partial charge in [-0.25, -0.2) is 0 Å². The van der Waals surface area contributed by atoms with Gasteiger partial charge in [0.05, 0.1) is 0 Å². The number of nitrogens with one attached hydrogen (secondary N) is 2. The highest BCUT2D eigenvalue weighted by atomic mass is 15.1. The van der Waals surface area contributed by atoms with E-state index in [2.05, 4.69) is 45.9 Å². The molecule has 1 aromatic carbocycles. The first-order chi connectivity index (χ1) is 9.84. The maximum atomic E-state index is 5.86. The molecule has 2 saturated heterocycles. The zero-order chi connectivity index (χ0) is 14.0. The van der Waals surface area contributed by atoms with Crippen LogP contribution >= 0.6 is 0 Å². The SMILES string of the molecule is C1CNCCN1.NC1CCN(Cc2ccccc2)CC1. The van der Waals surface area contributed by atoms with Gasteiger partial charge in [-0.1, -0.05) is 30.3 Å². The van der Waals surface area contributed by atoms with Gasteiger partial charge in [-0.05, 0) is 31.5 Å². The van der Waals surface area contributed by atoms with E-state index in [1.165, 1.54) is 5.56 Å². The smallest absolute Gasteiger partial charge is 0.0233 e. The molecule has 4 nitrogen and oxygen atoms in total. The quantitative estimate of drug-likeness (QED) is 0.747. The van der Waals surface area contributed by atoms with Crippen LogP contribution in [0.3, 0.4) is 0 Å². The zero-order valence-corrected chi connectivity index (χ0v) is 12.4. The van der Waals surface area contributed by atoms with Crippen molar-refractivity contribution in [1.82, 2.24) is 15.5 Å². The molecule has 0 aromatic heterocycles. The number of hydrogen-bond donors (Lipinski definition) is 3. The number of benzene rings is 1. The molecule has 112 valence electrons. The van der Waals surface area contributed by atoms with E-state index in [1.807, 2.05) is 0 Å². The Labute approximate surface area is 122 Å². The third kappa shape index (κ3) is 6.01. The molecule has 0 bridgehead atoms. The maximum Gasteiger partial charge on any atom is 0.0233 e. The fourth-order valence-corrected chi connectivity index (χ4v) is 2.56. The summed E-state index contributed by atoms with van der Waals surface area (Å²) in [5.41, 5.74) is 7.27. The third-order valence-electron chi connectivity index (χ3n) is 3.84. The van der Waals surface area contributed by atoms with Crippen LogP contribution in [-0.2, 0) is 6.54 Å². The molecule has 0 radical (unpaired) electrons. The van der Waals surface area contributed by atoms with Crippen LogP contribution in [-0.4, -0.2) is 50.2 Å². The molecule has 0 aliphatic carbocycles. The lowest BCUT2D eigenvalue weighted by Gasteiger charge is -2.29. The van der Waals surface area contributed by atoms with Crippen molar-refractivity contribution in [2.75, 3.05) is 39.3 Å². The molecule has 0 saturated carbocycles. The first-order valence-electron chi connectivity index (χ1n) is 7.78. The Hall–Kier alpha value is -0.940. The Morgan fingerprint density at radius 3 is 2.00 bits per heavy atom. The Morgan fingerprint density at radius 1 is 0.950 bits per heavy atom. The number of rotatable bonds is 2. The number of piperazine rings is 1. The zero-order valence-electron chi connectivity index (χ0n) is 12.4. The molecule has 3 rings (SSSR count). The van der Waals surface area contributed by atoms with E-state index in [-0.39, 0.29) is 0 Å². The van der Waals surface area contributed by atoms with Gasteiger partial charge in [-0.3, -0.25) is 4.90 Å². The minimum absolute atomic E-state index is 0.432. The number of nitrogens with zero attached hydrogens (tertiary/aromatic N) is 1. The summed E-state index contributed by atoms with van der Waals surface area (Å²) < 4.78 is 0. The van der Waals surface area contributed by atoms with Gasteiger partial charge in [0.15, 0.2) is 0 Å². The van der Waals surface area contributed by atoms with Crippen LogP contribution in [0.4, 0.5) is 0 Å². The van der Waals surface area contributed by atoms with Crippen LogP contribution in [0.25, 0.3) is 0 Å². The van der Waals surface area contributed by atoms with Crippen molar-refractivity contribution in [3.63, 3.8) is 0 Å². The minimum atomic E-state index is 0.432. The van der Waals surface area contributed by atoms with E-state index >= 15 is 0 Å². The fraction of sp³-hybridized carbons (Fsp3) is 0.625. The van der Waals surface area contributed by atoms with Crippen LogP contribution in [0.5, 0.6) is 0 Å². The Morgan fingerprint density at radius 2 is 1.50 bits per heavy atom. The topological polar surface area (TPSA) is 53.3 Å². The van der Waals surface area contributed by atoms with Gasteiger partial charge in [-0.2, -0.15) is 0 Å².